The van der Waals surface area contributed by atoms with E-state index in [1.807, 2.05) is 45.0 Å². The fourth-order valence-corrected chi connectivity index (χ4v) is 3.88. The molecule has 0 spiro atoms. The molecule has 0 radical (unpaired) electrons. The summed E-state index contributed by atoms with van der Waals surface area (Å²) >= 11 is 0. The van der Waals surface area contributed by atoms with E-state index in [1.54, 1.807) is 4.90 Å². The number of amides is 2. The monoisotopic (exact) mass is 386 g/mol. The summed E-state index contributed by atoms with van der Waals surface area (Å²) in [6, 6.07) is 10.0. The Bertz CT molecular complexity index is 891. The van der Waals surface area contributed by atoms with Gasteiger partial charge in [-0.1, -0.05) is 32.0 Å². The highest BCUT2D eigenvalue weighted by Crippen LogP contribution is 2.39. The third-order valence-corrected chi connectivity index (χ3v) is 5.14. The SMILES string of the molecule is CCN1C(=O)C(NC(=O)Cc2cc(F)cc(F)c2)CC(C)(C)c2ccccc21. The molecule has 0 fully saturated rings. The molecule has 3 rings (SSSR count). The van der Waals surface area contributed by atoms with Gasteiger partial charge in [-0.25, -0.2) is 8.78 Å². The van der Waals surface area contributed by atoms with Gasteiger partial charge in [0.2, 0.25) is 11.8 Å². The summed E-state index contributed by atoms with van der Waals surface area (Å²) in [6.45, 7) is 6.45. The van der Waals surface area contributed by atoms with Crippen LogP contribution in [0.15, 0.2) is 42.5 Å². The predicted molar refractivity (Wildman–Crippen MR) is 104 cm³/mol. The van der Waals surface area contributed by atoms with Gasteiger partial charge < -0.3 is 10.2 Å². The molecule has 1 unspecified atom stereocenters. The normalized spacial score (nSPS) is 18.4. The lowest BCUT2D eigenvalue weighted by Crippen LogP contribution is -2.49. The topological polar surface area (TPSA) is 49.4 Å². The Kier molecular flexibility index (Phi) is 5.49. The van der Waals surface area contributed by atoms with Crippen molar-refractivity contribution in [3.63, 3.8) is 0 Å². The van der Waals surface area contributed by atoms with Gasteiger partial charge in [-0.2, -0.15) is 0 Å². The number of para-hydroxylation sites is 1. The van der Waals surface area contributed by atoms with Gasteiger partial charge in [-0.05, 0) is 48.1 Å². The van der Waals surface area contributed by atoms with Crippen molar-refractivity contribution in [1.82, 2.24) is 5.32 Å². The minimum absolute atomic E-state index is 0.181. The zero-order valence-corrected chi connectivity index (χ0v) is 16.3. The van der Waals surface area contributed by atoms with E-state index in [1.165, 1.54) is 0 Å². The molecular formula is C22H24F2N2O2. The van der Waals surface area contributed by atoms with E-state index in [9.17, 15) is 18.4 Å². The molecule has 1 heterocycles. The van der Waals surface area contributed by atoms with Crippen LogP contribution in [0.25, 0.3) is 0 Å². The van der Waals surface area contributed by atoms with Crippen LogP contribution in [-0.4, -0.2) is 24.4 Å². The fraction of sp³-hybridized carbons (Fsp3) is 0.364. The summed E-state index contributed by atoms with van der Waals surface area (Å²) in [5.74, 6) is -2.09. The van der Waals surface area contributed by atoms with E-state index in [2.05, 4.69) is 5.32 Å². The lowest BCUT2D eigenvalue weighted by atomic mass is 9.79. The fourth-order valence-electron chi connectivity index (χ4n) is 3.88. The van der Waals surface area contributed by atoms with E-state index in [4.69, 9.17) is 0 Å². The highest BCUT2D eigenvalue weighted by molar-refractivity contribution is 6.01. The predicted octanol–water partition coefficient (Wildman–Crippen LogP) is 3.73. The third kappa shape index (κ3) is 4.06. The molecule has 1 N–H and O–H groups in total. The molecule has 0 bridgehead atoms. The van der Waals surface area contributed by atoms with Crippen molar-refractivity contribution in [3.8, 4) is 0 Å². The number of anilines is 1. The quantitative estimate of drug-likeness (QED) is 0.871. The van der Waals surface area contributed by atoms with Crippen LogP contribution >= 0.6 is 0 Å². The van der Waals surface area contributed by atoms with Crippen molar-refractivity contribution >= 4 is 17.5 Å². The lowest BCUT2D eigenvalue weighted by molar-refractivity contribution is -0.127. The van der Waals surface area contributed by atoms with Crippen LogP contribution in [0.2, 0.25) is 0 Å². The average molecular weight is 386 g/mol. The van der Waals surface area contributed by atoms with Gasteiger partial charge in [-0.15, -0.1) is 0 Å². The Hall–Kier alpha value is -2.76. The van der Waals surface area contributed by atoms with E-state index in [-0.39, 0.29) is 23.3 Å². The molecular weight excluding hydrogens is 362 g/mol. The van der Waals surface area contributed by atoms with E-state index in [0.29, 0.717) is 13.0 Å². The maximum Gasteiger partial charge on any atom is 0.249 e. The first kappa shape index (κ1) is 20.0. The van der Waals surface area contributed by atoms with Crippen molar-refractivity contribution in [2.75, 3.05) is 11.4 Å². The second-order valence-electron chi connectivity index (χ2n) is 7.76. The van der Waals surface area contributed by atoms with Gasteiger partial charge in [0.05, 0.1) is 6.42 Å². The number of nitrogens with one attached hydrogen (secondary N) is 1. The molecule has 1 aliphatic rings. The average Bonchev–Trinajstić information content (AvgIpc) is 2.67. The number of carbonyl (C=O) groups is 2. The summed E-state index contributed by atoms with van der Waals surface area (Å²) in [6.07, 6.45) is 0.237. The number of hydrogen-bond donors (Lipinski definition) is 1. The summed E-state index contributed by atoms with van der Waals surface area (Å²) < 4.78 is 26.7. The lowest BCUT2D eigenvalue weighted by Gasteiger charge is -2.27. The van der Waals surface area contributed by atoms with Crippen LogP contribution in [0.5, 0.6) is 0 Å². The molecule has 1 atom stereocenters. The second kappa shape index (κ2) is 7.70. The van der Waals surface area contributed by atoms with Gasteiger partial charge in [0.15, 0.2) is 0 Å². The van der Waals surface area contributed by atoms with E-state index >= 15 is 0 Å². The van der Waals surface area contributed by atoms with Gasteiger partial charge in [0.25, 0.3) is 0 Å². The number of rotatable bonds is 4. The number of likely N-dealkylation sites (N-methyl/N-ethyl adjacent to an activating group) is 1. The molecule has 4 nitrogen and oxygen atoms in total. The van der Waals surface area contributed by atoms with Crippen molar-refractivity contribution < 1.29 is 18.4 Å². The number of benzene rings is 2. The Labute approximate surface area is 163 Å². The van der Waals surface area contributed by atoms with Crippen LogP contribution in [0.4, 0.5) is 14.5 Å². The van der Waals surface area contributed by atoms with Gasteiger partial charge in [-0.3, -0.25) is 9.59 Å². The molecule has 148 valence electrons. The van der Waals surface area contributed by atoms with Crippen molar-refractivity contribution in [2.24, 2.45) is 0 Å². The van der Waals surface area contributed by atoms with Crippen LogP contribution in [-0.2, 0) is 21.4 Å². The zero-order chi connectivity index (χ0) is 20.5. The first-order chi connectivity index (χ1) is 13.2. The van der Waals surface area contributed by atoms with E-state index < -0.39 is 23.6 Å². The summed E-state index contributed by atoms with van der Waals surface area (Å²) in [5, 5.41) is 2.78. The first-order valence-corrected chi connectivity index (χ1v) is 9.36. The Morgan fingerprint density at radius 2 is 1.82 bits per heavy atom. The third-order valence-electron chi connectivity index (χ3n) is 5.14. The number of halogens is 2. The minimum Gasteiger partial charge on any atom is -0.344 e. The van der Waals surface area contributed by atoms with Crippen molar-refractivity contribution in [2.45, 2.75) is 45.1 Å². The van der Waals surface area contributed by atoms with Crippen LogP contribution in [0.3, 0.4) is 0 Å². The molecule has 28 heavy (non-hydrogen) atoms. The molecule has 1 aliphatic heterocycles. The largest absolute Gasteiger partial charge is 0.344 e. The van der Waals surface area contributed by atoms with Crippen LogP contribution in [0, 0.1) is 11.6 Å². The number of nitrogens with zero attached hydrogens (tertiary/aromatic N) is 1. The standard InChI is InChI=1S/C22H24F2N2O2/c1-4-26-19-8-6-5-7-17(19)22(2,3)13-18(21(26)28)25-20(27)11-14-9-15(23)12-16(24)10-14/h5-10,12,18H,4,11,13H2,1-3H3,(H,25,27). The molecule has 0 aromatic heterocycles. The maximum absolute atomic E-state index is 13.4. The zero-order valence-electron chi connectivity index (χ0n) is 16.3. The highest BCUT2D eigenvalue weighted by Gasteiger charge is 2.38. The summed E-state index contributed by atoms with van der Waals surface area (Å²) in [5.41, 5.74) is 1.79. The number of carbonyl (C=O) groups excluding carboxylic acids is 2. The first-order valence-electron chi connectivity index (χ1n) is 9.36. The summed E-state index contributed by atoms with van der Waals surface area (Å²) in [7, 11) is 0. The summed E-state index contributed by atoms with van der Waals surface area (Å²) in [4.78, 5) is 27.3. The van der Waals surface area contributed by atoms with Crippen molar-refractivity contribution in [1.29, 1.82) is 0 Å². The van der Waals surface area contributed by atoms with Crippen LogP contribution < -0.4 is 10.2 Å². The van der Waals surface area contributed by atoms with Crippen LogP contribution in [0.1, 0.15) is 38.3 Å². The Balaban J connectivity index is 1.84. The smallest absolute Gasteiger partial charge is 0.249 e. The Morgan fingerprint density at radius 1 is 1.18 bits per heavy atom. The molecule has 2 aromatic carbocycles. The highest BCUT2D eigenvalue weighted by atomic mass is 19.1. The Morgan fingerprint density at radius 3 is 2.46 bits per heavy atom. The molecule has 2 amide bonds. The molecule has 0 saturated heterocycles. The molecule has 0 aliphatic carbocycles. The maximum atomic E-state index is 13.4. The van der Waals surface area contributed by atoms with Gasteiger partial charge in [0.1, 0.15) is 17.7 Å². The minimum atomic E-state index is -0.734. The number of fused-ring (bicyclic) bond motifs is 1. The van der Waals surface area contributed by atoms with Crippen molar-refractivity contribution in [3.05, 3.63) is 65.2 Å². The van der Waals surface area contributed by atoms with Gasteiger partial charge in [0, 0.05) is 18.3 Å². The second-order valence-corrected chi connectivity index (χ2v) is 7.76. The molecule has 2 aromatic rings. The molecule has 0 saturated carbocycles. The van der Waals surface area contributed by atoms with E-state index in [0.717, 1.165) is 29.4 Å². The van der Waals surface area contributed by atoms with Gasteiger partial charge >= 0.3 is 0 Å². The molecule has 6 heteroatoms. The number of hydrogen-bond acceptors (Lipinski definition) is 2.